The van der Waals surface area contributed by atoms with Gasteiger partial charge >= 0.3 is 5.97 Å². The summed E-state index contributed by atoms with van der Waals surface area (Å²) in [6.07, 6.45) is -23.8. The van der Waals surface area contributed by atoms with E-state index in [1.165, 1.54) is 0 Å². The van der Waals surface area contributed by atoms with Gasteiger partial charge in [0.15, 0.2) is 25.5 Å². The lowest BCUT2D eigenvalue weighted by Crippen LogP contribution is -2.68. The SMILES string of the molecule is CC(=O)N[C@H]1[C@H](OCCCNC(=O)COc2ccc(-c3cccc(C(=O)NCCNC(=O)CCCC(=O)ON4C(=O)CCC4=O)c3)cc2)O[C@H](CO)[C@@H](O[C@@H]2O[C@H](CO)[C@H](O)[C@H](O[C@H]3O[C@H](CO)[C@H](O)[C@H](O)[C@H]3O)[C@H]2O)[C@@H]1O. The molecule has 29 nitrogen and oxygen atoms in total. The normalized spacial score (nSPS) is 30.1. The van der Waals surface area contributed by atoms with E-state index in [9.17, 15) is 79.5 Å². The first kappa shape index (κ1) is 61.3. The maximum Gasteiger partial charge on any atom is 0.333 e. The molecule has 432 valence electrons. The molecule has 0 saturated carbocycles. The number of hydroxylamine groups is 2. The standard InChI is InChI=1S/C49H67N5O24/c1-24(58)53-37-40(66)44(76-49-43(69)45(39(65)30(21-56)74-49)77-48-42(68)41(67)38(64)29(20-55)73-48)31(22-57)75-47(37)71-18-4-15-50-33(60)23-72-28-11-9-25(10-12-28)26-5-2-6-27(19-26)46(70)52-17-16-51-32(59)7-3-8-36(63)78-54-34(61)13-14-35(54)62/h2,5-6,9-12,19,29-31,37-45,47-49,55-57,64-69H,3-4,7-8,13-18,20-23H2,1H3,(H,50,60)(H,51,59)(H,52,70)(H,53,58)/t29-,30-,31-,37-,38+,39+,40-,41+,42-,43-,44-,45+,47-,48-,49+/m1/s1. The summed E-state index contributed by atoms with van der Waals surface area (Å²) >= 11 is 0. The minimum atomic E-state index is -1.99. The molecule has 13 N–H and O–H groups in total. The lowest BCUT2D eigenvalue weighted by Gasteiger charge is -2.48. The van der Waals surface area contributed by atoms with E-state index in [2.05, 4.69) is 21.3 Å². The molecule has 2 aromatic rings. The fourth-order valence-corrected chi connectivity index (χ4v) is 8.63. The number of rotatable bonds is 26. The van der Waals surface area contributed by atoms with Crippen LogP contribution in [0.1, 0.15) is 55.8 Å². The van der Waals surface area contributed by atoms with Crippen LogP contribution in [0.4, 0.5) is 0 Å². The van der Waals surface area contributed by atoms with Gasteiger partial charge in [-0.05, 0) is 48.2 Å². The minimum absolute atomic E-state index is 0.0191. The monoisotopic (exact) mass is 1110 g/mol. The van der Waals surface area contributed by atoms with Gasteiger partial charge in [-0.1, -0.05) is 24.3 Å². The number of aliphatic hydroxyl groups is 9. The molecule has 4 saturated heterocycles. The van der Waals surface area contributed by atoms with Crippen LogP contribution >= 0.6 is 0 Å². The van der Waals surface area contributed by atoms with Gasteiger partial charge in [0.25, 0.3) is 23.6 Å². The summed E-state index contributed by atoms with van der Waals surface area (Å²) in [7, 11) is 0. The highest BCUT2D eigenvalue weighted by Crippen LogP contribution is 2.33. The highest BCUT2D eigenvalue weighted by atomic mass is 16.8. The topological polar surface area (TPSA) is 427 Å². The quantitative estimate of drug-likeness (QED) is 0.0309. The molecule has 6 rings (SSSR count). The highest BCUT2D eigenvalue weighted by Gasteiger charge is 2.54. The molecule has 4 fully saturated rings. The highest BCUT2D eigenvalue weighted by molar-refractivity contribution is 6.01. The fourth-order valence-electron chi connectivity index (χ4n) is 8.63. The van der Waals surface area contributed by atoms with E-state index >= 15 is 0 Å². The van der Waals surface area contributed by atoms with Crippen LogP contribution in [0.25, 0.3) is 11.1 Å². The fraction of sp³-hybridized carbons (Fsp3) is 0.612. The Morgan fingerprint density at radius 2 is 1.24 bits per heavy atom. The van der Waals surface area contributed by atoms with Crippen LogP contribution in [0.2, 0.25) is 0 Å². The van der Waals surface area contributed by atoms with Crippen LogP contribution in [-0.2, 0) is 62.0 Å². The number of aliphatic hydroxyl groups excluding tert-OH is 9. The first-order chi connectivity index (χ1) is 37.3. The smallest absolute Gasteiger partial charge is 0.333 e. The Kier molecular flexibility index (Phi) is 23.1. The third-order valence-corrected chi connectivity index (χ3v) is 12.8. The molecule has 15 atom stereocenters. The molecule has 0 unspecified atom stereocenters. The van der Waals surface area contributed by atoms with Crippen molar-refractivity contribution in [2.45, 2.75) is 138 Å². The van der Waals surface area contributed by atoms with Crippen LogP contribution in [0.3, 0.4) is 0 Å². The summed E-state index contributed by atoms with van der Waals surface area (Å²) in [6, 6.07) is 12.2. The Morgan fingerprint density at radius 1 is 0.628 bits per heavy atom. The summed E-state index contributed by atoms with van der Waals surface area (Å²) in [5.74, 6) is -3.48. The molecular formula is C49H67N5O24. The number of hydrogen-bond acceptors (Lipinski definition) is 24. The first-order valence-corrected chi connectivity index (χ1v) is 25.1. The van der Waals surface area contributed by atoms with E-state index in [0.29, 0.717) is 21.9 Å². The molecule has 4 aliphatic heterocycles. The molecule has 29 heteroatoms. The van der Waals surface area contributed by atoms with E-state index < -0.39 is 141 Å². The molecule has 0 bridgehead atoms. The molecule has 0 aromatic heterocycles. The Balaban J connectivity index is 0.900. The number of imide groups is 1. The van der Waals surface area contributed by atoms with Gasteiger partial charge < -0.3 is 105 Å². The van der Waals surface area contributed by atoms with Crippen molar-refractivity contribution in [1.29, 1.82) is 0 Å². The second kappa shape index (κ2) is 29.4. The summed E-state index contributed by atoms with van der Waals surface area (Å²) in [5, 5.41) is 105. The number of hydrogen-bond donors (Lipinski definition) is 13. The number of amides is 6. The zero-order valence-corrected chi connectivity index (χ0v) is 42.3. The average molecular weight is 1110 g/mol. The van der Waals surface area contributed by atoms with Gasteiger partial charge in [0.1, 0.15) is 78.9 Å². The van der Waals surface area contributed by atoms with Crippen LogP contribution in [0.5, 0.6) is 5.75 Å². The predicted octanol–water partition coefficient (Wildman–Crippen LogP) is -5.53. The molecular weight excluding hydrogens is 1040 g/mol. The second-order valence-corrected chi connectivity index (χ2v) is 18.5. The number of carbonyl (C=O) groups excluding carboxylic acids is 7. The molecule has 4 heterocycles. The number of nitrogens with zero attached hydrogens (tertiary/aromatic N) is 1. The van der Waals surface area contributed by atoms with Gasteiger partial charge in [-0.15, -0.1) is 5.06 Å². The summed E-state index contributed by atoms with van der Waals surface area (Å²) in [4.78, 5) is 89.9. The van der Waals surface area contributed by atoms with Crippen LogP contribution in [0, 0.1) is 0 Å². The van der Waals surface area contributed by atoms with Crippen molar-refractivity contribution < 1.29 is 118 Å². The molecule has 6 amide bonds. The number of benzene rings is 2. The van der Waals surface area contributed by atoms with Crippen molar-refractivity contribution in [2.75, 3.05) is 52.7 Å². The Bertz CT molecular complexity index is 2330. The molecule has 2 aromatic carbocycles. The predicted molar refractivity (Wildman–Crippen MR) is 258 cm³/mol. The van der Waals surface area contributed by atoms with Gasteiger partial charge in [-0.25, -0.2) is 4.79 Å². The second-order valence-electron chi connectivity index (χ2n) is 18.5. The van der Waals surface area contributed by atoms with Gasteiger partial charge in [-0.3, -0.25) is 28.8 Å². The Hall–Kier alpha value is -5.87. The molecule has 78 heavy (non-hydrogen) atoms. The van der Waals surface area contributed by atoms with E-state index in [1.54, 1.807) is 48.5 Å². The van der Waals surface area contributed by atoms with Crippen molar-refractivity contribution in [3.05, 3.63) is 54.1 Å². The number of carbonyl (C=O) groups is 7. The van der Waals surface area contributed by atoms with E-state index in [1.807, 2.05) is 0 Å². The van der Waals surface area contributed by atoms with E-state index in [-0.39, 0.29) is 83.2 Å². The van der Waals surface area contributed by atoms with Gasteiger partial charge in [0, 0.05) is 57.8 Å². The van der Waals surface area contributed by atoms with Gasteiger partial charge in [0.2, 0.25) is 11.8 Å². The molecule has 0 radical (unpaired) electrons. The minimum Gasteiger partial charge on any atom is -0.484 e. The van der Waals surface area contributed by atoms with Crippen molar-refractivity contribution in [1.82, 2.24) is 26.3 Å². The first-order valence-electron chi connectivity index (χ1n) is 25.1. The largest absolute Gasteiger partial charge is 0.484 e. The Labute approximate surface area is 445 Å². The maximum absolute atomic E-state index is 12.9. The van der Waals surface area contributed by atoms with Crippen molar-refractivity contribution in [3.63, 3.8) is 0 Å². The number of ether oxygens (including phenoxy) is 7. The summed E-state index contributed by atoms with van der Waals surface area (Å²) in [5.41, 5.74) is 1.81. The van der Waals surface area contributed by atoms with Crippen molar-refractivity contribution in [3.8, 4) is 16.9 Å². The zero-order valence-electron chi connectivity index (χ0n) is 42.3. The van der Waals surface area contributed by atoms with Crippen LogP contribution in [0.15, 0.2) is 48.5 Å². The maximum atomic E-state index is 12.9. The molecule has 0 aliphatic carbocycles. The van der Waals surface area contributed by atoms with E-state index in [0.717, 1.165) is 12.5 Å². The number of nitrogens with one attached hydrogen (secondary N) is 4. The summed E-state index contributed by atoms with van der Waals surface area (Å²) in [6.45, 7) is -1.46. The lowest BCUT2D eigenvalue weighted by molar-refractivity contribution is -0.376. The average Bonchev–Trinajstić information content (AvgIpc) is 3.74. The zero-order chi connectivity index (χ0) is 56.6. The van der Waals surface area contributed by atoms with Crippen molar-refractivity contribution >= 4 is 41.4 Å². The summed E-state index contributed by atoms with van der Waals surface area (Å²) < 4.78 is 39.7. The van der Waals surface area contributed by atoms with Crippen molar-refractivity contribution in [2.24, 2.45) is 0 Å². The molecule has 0 spiro atoms. The van der Waals surface area contributed by atoms with E-state index in [4.69, 9.17) is 38.0 Å². The van der Waals surface area contributed by atoms with Gasteiger partial charge in [-0.2, -0.15) is 0 Å². The third kappa shape index (κ3) is 16.4. The van der Waals surface area contributed by atoms with Crippen LogP contribution < -0.4 is 26.0 Å². The van der Waals surface area contributed by atoms with Crippen LogP contribution in [-0.4, -0.2) is 237 Å². The van der Waals surface area contributed by atoms with Gasteiger partial charge in [0.05, 0.1) is 26.4 Å². The third-order valence-electron chi connectivity index (χ3n) is 12.8. The molecule has 4 aliphatic rings. The lowest BCUT2D eigenvalue weighted by atomic mass is 9.95. The Morgan fingerprint density at radius 3 is 1.91 bits per heavy atom.